The van der Waals surface area contributed by atoms with Crippen LogP contribution in [0.5, 0.6) is 0 Å². The maximum Gasteiger partial charge on any atom is 0.0620 e. The van der Waals surface area contributed by atoms with E-state index in [1.165, 1.54) is 0 Å². The Balaban J connectivity index is 2.33. The molecule has 0 bridgehead atoms. The van der Waals surface area contributed by atoms with Crippen LogP contribution in [0.4, 0.5) is 0 Å². The second-order valence-electron chi connectivity index (χ2n) is 3.64. The third-order valence-electron chi connectivity index (χ3n) is 2.39. The molecular weight excluding hydrogens is 399 g/mol. The van der Waals surface area contributed by atoms with Crippen LogP contribution in [0.2, 0.25) is 10.0 Å². The molecule has 0 aromatic heterocycles. The minimum absolute atomic E-state index is 0.707. The molecule has 0 atom stereocenters. The lowest BCUT2D eigenvalue weighted by Gasteiger charge is -2.02. The van der Waals surface area contributed by atoms with Crippen molar-refractivity contribution in [1.82, 2.24) is 0 Å². The smallest absolute Gasteiger partial charge is 0.0620 e. The van der Waals surface area contributed by atoms with Crippen molar-refractivity contribution >= 4 is 67.2 Å². The molecule has 2 aromatic rings. The molecule has 0 nitrogen and oxygen atoms in total. The lowest BCUT2D eigenvalue weighted by molar-refractivity contribution is 1.59. The van der Waals surface area contributed by atoms with Crippen LogP contribution in [-0.2, 0) is 0 Å². The third kappa shape index (κ3) is 3.39. The average molecular weight is 407 g/mol. The molecule has 0 amide bonds. The molecule has 0 aliphatic rings. The Morgan fingerprint density at radius 3 is 2.28 bits per heavy atom. The second-order valence-corrected chi connectivity index (χ2v) is 6.17. The summed E-state index contributed by atoms with van der Waals surface area (Å²) in [6, 6.07) is 11.5. The Labute approximate surface area is 133 Å². The number of halogens is 4. The molecule has 0 unspecified atom stereocenters. The van der Waals surface area contributed by atoms with E-state index >= 15 is 0 Å². The quantitative estimate of drug-likeness (QED) is 0.487. The van der Waals surface area contributed by atoms with Crippen molar-refractivity contribution < 1.29 is 0 Å². The zero-order valence-corrected chi connectivity index (χ0v) is 13.8. The summed E-state index contributed by atoms with van der Waals surface area (Å²) < 4.78 is 1.85. The summed E-state index contributed by atoms with van der Waals surface area (Å²) in [4.78, 5) is 0. The molecule has 0 saturated carbocycles. The van der Waals surface area contributed by atoms with Crippen LogP contribution >= 0.6 is 55.1 Å². The Morgan fingerprint density at radius 1 is 0.833 bits per heavy atom. The summed E-state index contributed by atoms with van der Waals surface area (Å²) in [5, 5.41) is 1.42. The van der Waals surface area contributed by atoms with Gasteiger partial charge in [0.15, 0.2) is 0 Å². The summed E-state index contributed by atoms with van der Waals surface area (Å²) >= 11 is 19.0. The molecule has 0 aliphatic heterocycles. The molecule has 0 heterocycles. The molecule has 0 N–H and O–H groups in total. The third-order valence-corrected chi connectivity index (χ3v) is 4.62. The minimum atomic E-state index is 0.707. The van der Waals surface area contributed by atoms with Crippen molar-refractivity contribution in [1.29, 1.82) is 0 Å². The average Bonchev–Trinajstić information content (AvgIpc) is 2.33. The van der Waals surface area contributed by atoms with Gasteiger partial charge in [-0.25, -0.2) is 0 Å². The van der Waals surface area contributed by atoms with Gasteiger partial charge in [-0.2, -0.15) is 0 Å². The molecule has 0 saturated heterocycles. The van der Waals surface area contributed by atoms with Crippen LogP contribution in [-0.4, -0.2) is 0 Å². The second kappa shape index (κ2) is 6.25. The van der Waals surface area contributed by atoms with Crippen LogP contribution in [0, 0.1) is 0 Å². The van der Waals surface area contributed by atoms with E-state index in [-0.39, 0.29) is 0 Å². The number of rotatable bonds is 2. The van der Waals surface area contributed by atoms with Crippen molar-refractivity contribution in [3.05, 3.63) is 66.5 Å². The van der Waals surface area contributed by atoms with E-state index in [2.05, 4.69) is 31.9 Å². The Morgan fingerprint density at radius 2 is 1.56 bits per heavy atom. The van der Waals surface area contributed by atoms with Crippen molar-refractivity contribution in [2.75, 3.05) is 0 Å². The fourth-order valence-electron chi connectivity index (χ4n) is 1.47. The molecule has 0 radical (unpaired) electrons. The SMILES string of the molecule is Clc1ccc(C=Cc2cccc(Br)c2Cl)c(Br)c1. The number of hydrogen-bond acceptors (Lipinski definition) is 0. The van der Waals surface area contributed by atoms with Gasteiger partial charge in [-0.3, -0.25) is 0 Å². The summed E-state index contributed by atoms with van der Waals surface area (Å²) in [5.74, 6) is 0. The summed E-state index contributed by atoms with van der Waals surface area (Å²) in [6.45, 7) is 0. The van der Waals surface area contributed by atoms with Gasteiger partial charge in [-0.1, -0.05) is 69.5 Å². The molecule has 2 rings (SSSR count). The van der Waals surface area contributed by atoms with E-state index in [0.717, 1.165) is 20.1 Å². The largest absolute Gasteiger partial charge is 0.0843 e. The highest BCUT2D eigenvalue weighted by atomic mass is 79.9. The van der Waals surface area contributed by atoms with Crippen LogP contribution in [0.25, 0.3) is 12.2 Å². The number of benzene rings is 2. The lowest BCUT2D eigenvalue weighted by atomic mass is 10.1. The van der Waals surface area contributed by atoms with Crippen LogP contribution in [0.15, 0.2) is 45.3 Å². The predicted molar refractivity (Wildman–Crippen MR) is 87.2 cm³/mol. The number of hydrogen-bond donors (Lipinski definition) is 0. The first kappa shape index (κ1) is 14.1. The molecule has 2 aromatic carbocycles. The van der Waals surface area contributed by atoms with Gasteiger partial charge in [0, 0.05) is 14.0 Å². The lowest BCUT2D eigenvalue weighted by Crippen LogP contribution is -1.78. The maximum absolute atomic E-state index is 6.19. The fourth-order valence-corrected chi connectivity index (χ4v) is 2.85. The van der Waals surface area contributed by atoms with E-state index in [1.807, 2.05) is 48.6 Å². The van der Waals surface area contributed by atoms with Crippen LogP contribution in [0.1, 0.15) is 11.1 Å². The standard InChI is InChI=1S/C14H8Br2Cl2/c15-12-3-1-2-10(14(12)18)5-4-9-6-7-11(17)8-13(9)16/h1-8H. The molecule has 0 fully saturated rings. The molecule has 92 valence electrons. The zero-order chi connectivity index (χ0) is 13.1. The zero-order valence-electron chi connectivity index (χ0n) is 9.13. The van der Waals surface area contributed by atoms with Gasteiger partial charge in [0.25, 0.3) is 0 Å². The van der Waals surface area contributed by atoms with Crippen molar-refractivity contribution in [3.8, 4) is 0 Å². The summed E-state index contributed by atoms with van der Waals surface area (Å²) in [5.41, 5.74) is 2.02. The minimum Gasteiger partial charge on any atom is -0.0843 e. The van der Waals surface area contributed by atoms with Gasteiger partial charge >= 0.3 is 0 Å². The first-order chi connectivity index (χ1) is 8.58. The Kier molecular flexibility index (Phi) is 4.91. The molecular formula is C14H8Br2Cl2. The highest BCUT2D eigenvalue weighted by molar-refractivity contribution is 9.10. The van der Waals surface area contributed by atoms with Gasteiger partial charge in [-0.15, -0.1) is 0 Å². The van der Waals surface area contributed by atoms with E-state index < -0.39 is 0 Å². The maximum atomic E-state index is 6.19. The summed E-state index contributed by atoms with van der Waals surface area (Å²) in [6.07, 6.45) is 3.97. The van der Waals surface area contributed by atoms with Gasteiger partial charge in [0.05, 0.1) is 5.02 Å². The molecule has 0 aliphatic carbocycles. The highest BCUT2D eigenvalue weighted by Gasteiger charge is 2.01. The van der Waals surface area contributed by atoms with E-state index in [9.17, 15) is 0 Å². The van der Waals surface area contributed by atoms with Crippen molar-refractivity contribution in [2.45, 2.75) is 0 Å². The first-order valence-corrected chi connectivity index (χ1v) is 7.49. The van der Waals surface area contributed by atoms with Crippen LogP contribution < -0.4 is 0 Å². The molecule has 0 spiro atoms. The predicted octanol–water partition coefficient (Wildman–Crippen LogP) is 6.69. The van der Waals surface area contributed by atoms with Crippen molar-refractivity contribution in [2.24, 2.45) is 0 Å². The highest BCUT2D eigenvalue weighted by Crippen LogP contribution is 2.28. The molecule has 18 heavy (non-hydrogen) atoms. The Hall–Kier alpha value is -0.280. The topological polar surface area (TPSA) is 0 Å². The van der Waals surface area contributed by atoms with E-state index in [0.29, 0.717) is 10.0 Å². The van der Waals surface area contributed by atoms with E-state index in [1.54, 1.807) is 0 Å². The van der Waals surface area contributed by atoms with Gasteiger partial charge < -0.3 is 0 Å². The van der Waals surface area contributed by atoms with E-state index in [4.69, 9.17) is 23.2 Å². The van der Waals surface area contributed by atoms with Gasteiger partial charge in [-0.05, 0) is 45.3 Å². The molecule has 4 heteroatoms. The first-order valence-electron chi connectivity index (χ1n) is 5.15. The van der Waals surface area contributed by atoms with Crippen molar-refractivity contribution in [3.63, 3.8) is 0 Å². The monoisotopic (exact) mass is 404 g/mol. The summed E-state index contributed by atoms with van der Waals surface area (Å²) in [7, 11) is 0. The van der Waals surface area contributed by atoms with Crippen LogP contribution in [0.3, 0.4) is 0 Å². The fraction of sp³-hybridized carbons (Fsp3) is 0. The normalized spacial score (nSPS) is 11.1. The Bertz CT molecular complexity index is 607. The van der Waals surface area contributed by atoms with Gasteiger partial charge in [0.2, 0.25) is 0 Å². The van der Waals surface area contributed by atoms with Gasteiger partial charge in [0.1, 0.15) is 0 Å².